The number of esters is 1. The summed E-state index contributed by atoms with van der Waals surface area (Å²) in [5, 5.41) is 0. The lowest BCUT2D eigenvalue weighted by Gasteiger charge is -2.43. The first-order valence-corrected chi connectivity index (χ1v) is 6.73. The smallest absolute Gasteiger partial charge is 0.307 e. The van der Waals surface area contributed by atoms with Crippen LogP contribution in [-0.4, -0.2) is 17.4 Å². The molecule has 0 heterocycles. The van der Waals surface area contributed by atoms with Crippen LogP contribution >= 0.6 is 0 Å². The Labute approximate surface area is 110 Å². The molecule has 0 bridgehead atoms. The average molecular weight is 254 g/mol. The zero-order valence-corrected chi connectivity index (χ0v) is 12.6. The molecule has 104 valence electrons. The molecule has 0 spiro atoms. The van der Waals surface area contributed by atoms with Crippen molar-refractivity contribution in [1.29, 1.82) is 0 Å². The summed E-state index contributed by atoms with van der Waals surface area (Å²) in [6.07, 6.45) is 2.91. The second-order valence-electron chi connectivity index (χ2n) is 7.48. The van der Waals surface area contributed by atoms with Crippen molar-refractivity contribution >= 4 is 11.8 Å². The standard InChI is InChI=1S/C15H26O3/c1-13(2,3)12(17)15(8-7-9-15)10-11(16)18-14(4,5)6/h7-10H2,1-6H3. The normalized spacial score (nSPS) is 19.0. The summed E-state index contributed by atoms with van der Waals surface area (Å²) >= 11 is 0. The van der Waals surface area contributed by atoms with Crippen LogP contribution < -0.4 is 0 Å². The molecule has 0 aromatic rings. The van der Waals surface area contributed by atoms with Crippen molar-refractivity contribution in [1.82, 2.24) is 0 Å². The molecule has 0 aromatic carbocycles. The molecule has 0 amide bonds. The topological polar surface area (TPSA) is 43.4 Å². The van der Waals surface area contributed by atoms with E-state index in [1.807, 2.05) is 41.5 Å². The fourth-order valence-corrected chi connectivity index (χ4v) is 2.54. The Bertz CT molecular complexity index is 338. The highest BCUT2D eigenvalue weighted by Gasteiger charge is 2.49. The van der Waals surface area contributed by atoms with Crippen LogP contribution in [0.15, 0.2) is 0 Å². The summed E-state index contributed by atoms with van der Waals surface area (Å²) in [4.78, 5) is 24.4. The lowest BCUT2D eigenvalue weighted by Crippen LogP contribution is -2.46. The minimum absolute atomic E-state index is 0.201. The fourth-order valence-electron chi connectivity index (χ4n) is 2.54. The van der Waals surface area contributed by atoms with E-state index in [1.165, 1.54) is 0 Å². The second-order valence-corrected chi connectivity index (χ2v) is 7.48. The number of Topliss-reactive ketones (excluding diaryl/α,β-unsaturated/α-hetero) is 1. The quantitative estimate of drug-likeness (QED) is 0.724. The van der Waals surface area contributed by atoms with Gasteiger partial charge in [0.15, 0.2) is 0 Å². The number of ketones is 1. The highest BCUT2D eigenvalue weighted by atomic mass is 16.6. The molecule has 18 heavy (non-hydrogen) atoms. The van der Waals surface area contributed by atoms with Gasteiger partial charge in [0.2, 0.25) is 0 Å². The summed E-state index contributed by atoms with van der Waals surface area (Å²) < 4.78 is 5.34. The van der Waals surface area contributed by atoms with Gasteiger partial charge in [0, 0.05) is 10.8 Å². The van der Waals surface area contributed by atoms with E-state index in [9.17, 15) is 9.59 Å². The summed E-state index contributed by atoms with van der Waals surface area (Å²) in [6.45, 7) is 11.3. The first-order chi connectivity index (χ1) is 7.96. The number of carbonyl (C=O) groups excluding carboxylic acids is 2. The van der Waals surface area contributed by atoms with Crippen molar-refractivity contribution in [3.63, 3.8) is 0 Å². The van der Waals surface area contributed by atoms with Crippen LogP contribution in [-0.2, 0) is 14.3 Å². The van der Waals surface area contributed by atoms with Crippen LogP contribution in [0.5, 0.6) is 0 Å². The number of carbonyl (C=O) groups is 2. The number of hydrogen-bond acceptors (Lipinski definition) is 3. The Balaban J connectivity index is 2.73. The Morgan fingerprint density at radius 1 is 1.06 bits per heavy atom. The van der Waals surface area contributed by atoms with Gasteiger partial charge in [0.05, 0.1) is 6.42 Å². The van der Waals surface area contributed by atoms with E-state index < -0.39 is 11.0 Å². The van der Waals surface area contributed by atoms with E-state index in [4.69, 9.17) is 4.74 Å². The number of rotatable bonds is 3. The third-order valence-corrected chi connectivity index (χ3v) is 3.38. The minimum atomic E-state index is -0.479. The monoisotopic (exact) mass is 254 g/mol. The van der Waals surface area contributed by atoms with E-state index in [0.717, 1.165) is 19.3 Å². The van der Waals surface area contributed by atoms with Crippen LogP contribution in [0.25, 0.3) is 0 Å². The summed E-state index contributed by atoms with van der Waals surface area (Å²) in [5.41, 5.74) is -1.32. The van der Waals surface area contributed by atoms with Crippen molar-refractivity contribution in [3.8, 4) is 0 Å². The molecule has 1 fully saturated rings. The predicted octanol–water partition coefficient (Wildman–Crippen LogP) is 3.50. The van der Waals surface area contributed by atoms with Crippen molar-refractivity contribution in [2.24, 2.45) is 10.8 Å². The zero-order valence-electron chi connectivity index (χ0n) is 12.6. The Morgan fingerprint density at radius 3 is 1.83 bits per heavy atom. The average Bonchev–Trinajstić information content (AvgIpc) is 2.05. The Kier molecular flexibility index (Phi) is 3.94. The van der Waals surface area contributed by atoms with Gasteiger partial charge in [-0.15, -0.1) is 0 Å². The van der Waals surface area contributed by atoms with Crippen LogP contribution in [0.4, 0.5) is 0 Å². The molecule has 0 aromatic heterocycles. The van der Waals surface area contributed by atoms with Crippen molar-refractivity contribution in [2.45, 2.75) is 72.8 Å². The van der Waals surface area contributed by atoms with Crippen molar-refractivity contribution in [3.05, 3.63) is 0 Å². The van der Waals surface area contributed by atoms with E-state index in [1.54, 1.807) is 0 Å². The van der Waals surface area contributed by atoms with Crippen molar-refractivity contribution in [2.75, 3.05) is 0 Å². The van der Waals surface area contributed by atoms with Gasteiger partial charge in [-0.3, -0.25) is 9.59 Å². The van der Waals surface area contributed by atoms with Crippen LogP contribution in [0.2, 0.25) is 0 Å². The lowest BCUT2D eigenvalue weighted by atomic mass is 9.59. The Morgan fingerprint density at radius 2 is 1.56 bits per heavy atom. The molecule has 1 aliphatic carbocycles. The first-order valence-electron chi connectivity index (χ1n) is 6.73. The second kappa shape index (κ2) is 4.67. The van der Waals surface area contributed by atoms with Gasteiger partial charge in [-0.05, 0) is 33.6 Å². The summed E-state index contributed by atoms with van der Waals surface area (Å²) in [6, 6.07) is 0. The van der Waals surface area contributed by atoms with Gasteiger partial charge >= 0.3 is 5.97 Å². The predicted molar refractivity (Wildman–Crippen MR) is 71.2 cm³/mol. The highest BCUT2D eigenvalue weighted by molar-refractivity contribution is 5.93. The van der Waals surface area contributed by atoms with Crippen LogP contribution in [0, 0.1) is 10.8 Å². The van der Waals surface area contributed by atoms with Gasteiger partial charge in [0.1, 0.15) is 11.4 Å². The molecule has 0 atom stereocenters. The molecule has 0 unspecified atom stereocenters. The van der Waals surface area contributed by atoms with Crippen molar-refractivity contribution < 1.29 is 14.3 Å². The molecule has 0 radical (unpaired) electrons. The maximum atomic E-state index is 12.5. The minimum Gasteiger partial charge on any atom is -0.460 e. The molecule has 1 saturated carbocycles. The maximum absolute atomic E-state index is 12.5. The van der Waals surface area contributed by atoms with E-state index in [-0.39, 0.29) is 23.6 Å². The third kappa shape index (κ3) is 3.56. The molecule has 0 saturated heterocycles. The molecule has 0 N–H and O–H groups in total. The molecule has 3 heteroatoms. The van der Waals surface area contributed by atoms with E-state index >= 15 is 0 Å². The SMILES string of the molecule is CC(C)(C)OC(=O)CC1(C(=O)C(C)(C)C)CCC1. The number of ether oxygens (including phenoxy) is 1. The third-order valence-electron chi connectivity index (χ3n) is 3.38. The molecule has 3 nitrogen and oxygen atoms in total. The van der Waals surface area contributed by atoms with Gasteiger partial charge in [0.25, 0.3) is 0 Å². The van der Waals surface area contributed by atoms with E-state index in [0.29, 0.717) is 0 Å². The van der Waals surface area contributed by atoms with Gasteiger partial charge in [-0.25, -0.2) is 0 Å². The van der Waals surface area contributed by atoms with Gasteiger partial charge < -0.3 is 4.74 Å². The molecule has 1 aliphatic rings. The number of hydrogen-bond donors (Lipinski definition) is 0. The molecular formula is C15H26O3. The molecule has 0 aliphatic heterocycles. The maximum Gasteiger partial charge on any atom is 0.307 e. The first kappa shape index (κ1) is 15.2. The van der Waals surface area contributed by atoms with Gasteiger partial charge in [-0.1, -0.05) is 27.2 Å². The van der Waals surface area contributed by atoms with Crippen LogP contribution in [0.1, 0.15) is 67.2 Å². The Hall–Kier alpha value is -0.860. The largest absolute Gasteiger partial charge is 0.460 e. The summed E-state index contributed by atoms with van der Waals surface area (Å²) in [7, 11) is 0. The summed E-state index contributed by atoms with van der Waals surface area (Å²) in [5.74, 6) is -0.0492. The fraction of sp³-hybridized carbons (Fsp3) is 0.867. The van der Waals surface area contributed by atoms with E-state index in [2.05, 4.69) is 0 Å². The lowest BCUT2D eigenvalue weighted by molar-refractivity contribution is -0.164. The van der Waals surface area contributed by atoms with Gasteiger partial charge in [-0.2, -0.15) is 0 Å². The molecular weight excluding hydrogens is 228 g/mol. The highest BCUT2D eigenvalue weighted by Crippen LogP contribution is 2.49. The zero-order chi connectivity index (χ0) is 14.2. The van der Waals surface area contributed by atoms with Crippen LogP contribution in [0.3, 0.4) is 0 Å². The molecule has 1 rings (SSSR count).